The molecule has 0 bridgehead atoms. The van der Waals surface area contributed by atoms with E-state index in [-0.39, 0.29) is 24.4 Å². The fourth-order valence-corrected chi connectivity index (χ4v) is 2.78. The Labute approximate surface area is 138 Å². The number of carbonyl (C=O) groups is 2. The van der Waals surface area contributed by atoms with Crippen molar-refractivity contribution in [1.29, 1.82) is 0 Å². The Bertz CT molecular complexity index is 563. The highest BCUT2D eigenvalue weighted by atomic mass is 16.2. The Morgan fingerprint density at radius 2 is 2.17 bits per heavy atom. The van der Waals surface area contributed by atoms with Gasteiger partial charge in [-0.25, -0.2) is 0 Å². The molecular formula is C17H28N4O2. The van der Waals surface area contributed by atoms with Crippen LogP contribution >= 0.6 is 0 Å². The molecular weight excluding hydrogens is 292 g/mol. The summed E-state index contributed by atoms with van der Waals surface area (Å²) in [6, 6.07) is -0.0193. The minimum absolute atomic E-state index is 0.0161. The SMILES string of the molecule is CC(C)CCC(=O)N[C@H]1CCCc2cn(CC(=O)N(C)C)nc21. The van der Waals surface area contributed by atoms with Crippen molar-refractivity contribution in [2.75, 3.05) is 14.1 Å². The molecule has 0 saturated heterocycles. The average Bonchev–Trinajstić information content (AvgIpc) is 2.88. The van der Waals surface area contributed by atoms with E-state index >= 15 is 0 Å². The van der Waals surface area contributed by atoms with Crippen molar-refractivity contribution in [3.05, 3.63) is 17.5 Å². The van der Waals surface area contributed by atoms with Crippen molar-refractivity contribution < 1.29 is 9.59 Å². The molecule has 2 amide bonds. The summed E-state index contributed by atoms with van der Waals surface area (Å²) in [5.74, 6) is 0.636. The Balaban J connectivity index is 2.02. The van der Waals surface area contributed by atoms with E-state index in [1.165, 1.54) is 0 Å². The summed E-state index contributed by atoms with van der Waals surface area (Å²) in [5, 5.41) is 7.67. The molecule has 1 aliphatic rings. The van der Waals surface area contributed by atoms with Crippen molar-refractivity contribution in [2.45, 2.75) is 58.5 Å². The van der Waals surface area contributed by atoms with E-state index in [1.54, 1.807) is 23.7 Å². The topological polar surface area (TPSA) is 67.2 Å². The van der Waals surface area contributed by atoms with Gasteiger partial charge in [-0.1, -0.05) is 13.8 Å². The Hall–Kier alpha value is -1.85. The highest BCUT2D eigenvalue weighted by Gasteiger charge is 2.25. The van der Waals surface area contributed by atoms with Crippen molar-refractivity contribution >= 4 is 11.8 Å². The van der Waals surface area contributed by atoms with Crippen LogP contribution in [-0.2, 0) is 22.6 Å². The number of aromatic nitrogens is 2. The number of amides is 2. The zero-order valence-corrected chi connectivity index (χ0v) is 14.6. The second-order valence-electron chi connectivity index (χ2n) is 6.97. The van der Waals surface area contributed by atoms with E-state index < -0.39 is 0 Å². The van der Waals surface area contributed by atoms with Gasteiger partial charge in [0.1, 0.15) is 6.54 Å². The maximum absolute atomic E-state index is 12.1. The first-order chi connectivity index (χ1) is 10.9. The number of carbonyl (C=O) groups excluding carboxylic acids is 2. The molecule has 0 unspecified atom stereocenters. The summed E-state index contributed by atoms with van der Waals surface area (Å²) in [6.45, 7) is 4.48. The predicted molar refractivity (Wildman–Crippen MR) is 88.8 cm³/mol. The standard InChI is InChI=1S/C17H28N4O2/c1-12(2)8-9-15(22)18-14-7-5-6-13-10-21(19-17(13)14)11-16(23)20(3)4/h10,12,14H,5-9,11H2,1-4H3,(H,18,22)/t14-/m0/s1. The van der Waals surface area contributed by atoms with Gasteiger partial charge in [-0.05, 0) is 37.2 Å². The second-order valence-corrected chi connectivity index (χ2v) is 6.97. The smallest absolute Gasteiger partial charge is 0.243 e. The van der Waals surface area contributed by atoms with Crippen molar-refractivity contribution in [2.24, 2.45) is 5.92 Å². The van der Waals surface area contributed by atoms with Crippen LogP contribution in [0.1, 0.15) is 56.8 Å². The Morgan fingerprint density at radius 3 is 2.83 bits per heavy atom. The highest BCUT2D eigenvalue weighted by Crippen LogP contribution is 2.28. The molecule has 0 radical (unpaired) electrons. The number of nitrogens with zero attached hydrogens (tertiary/aromatic N) is 3. The largest absolute Gasteiger partial charge is 0.348 e. The molecule has 128 valence electrons. The number of hydrogen-bond acceptors (Lipinski definition) is 3. The molecule has 6 nitrogen and oxygen atoms in total. The lowest BCUT2D eigenvalue weighted by molar-refractivity contribution is -0.129. The first-order valence-corrected chi connectivity index (χ1v) is 8.42. The van der Waals surface area contributed by atoms with Crippen LogP contribution in [0.15, 0.2) is 6.20 Å². The number of rotatable bonds is 6. The zero-order valence-electron chi connectivity index (χ0n) is 14.6. The lowest BCUT2D eigenvalue weighted by Crippen LogP contribution is -2.31. The molecule has 0 aliphatic heterocycles. The predicted octanol–water partition coefficient (Wildman–Crippen LogP) is 1.90. The maximum Gasteiger partial charge on any atom is 0.243 e. The molecule has 2 rings (SSSR count). The Morgan fingerprint density at radius 1 is 1.43 bits per heavy atom. The third-order valence-electron chi connectivity index (χ3n) is 4.22. The third kappa shape index (κ3) is 4.81. The highest BCUT2D eigenvalue weighted by molar-refractivity contribution is 5.76. The van der Waals surface area contributed by atoms with Crippen LogP contribution in [0.5, 0.6) is 0 Å². The Kier molecular flexibility index (Phi) is 5.80. The van der Waals surface area contributed by atoms with Gasteiger partial charge in [-0.3, -0.25) is 14.3 Å². The lowest BCUT2D eigenvalue weighted by atomic mass is 9.93. The monoisotopic (exact) mass is 320 g/mol. The molecule has 1 heterocycles. The first-order valence-electron chi connectivity index (χ1n) is 8.42. The van der Waals surface area contributed by atoms with Gasteiger partial charge in [-0.2, -0.15) is 5.10 Å². The van der Waals surface area contributed by atoms with Crippen molar-refractivity contribution in [3.8, 4) is 0 Å². The molecule has 6 heteroatoms. The van der Waals surface area contributed by atoms with E-state index in [0.717, 1.165) is 36.9 Å². The molecule has 0 saturated carbocycles. The maximum atomic E-state index is 12.1. The van der Waals surface area contributed by atoms with Gasteiger partial charge >= 0.3 is 0 Å². The van der Waals surface area contributed by atoms with Crippen LogP contribution < -0.4 is 5.32 Å². The molecule has 0 spiro atoms. The van der Waals surface area contributed by atoms with Gasteiger partial charge in [0.05, 0.1) is 11.7 Å². The molecule has 1 aromatic heterocycles. The van der Waals surface area contributed by atoms with E-state index in [2.05, 4.69) is 24.3 Å². The number of hydrogen-bond donors (Lipinski definition) is 1. The summed E-state index contributed by atoms with van der Waals surface area (Å²) in [7, 11) is 3.48. The van der Waals surface area contributed by atoms with Gasteiger partial charge < -0.3 is 10.2 Å². The summed E-state index contributed by atoms with van der Waals surface area (Å²) in [6.07, 6.45) is 6.32. The molecule has 1 aromatic rings. The molecule has 0 aromatic carbocycles. The number of likely N-dealkylation sites (N-methyl/N-ethyl adjacent to an activating group) is 1. The van der Waals surface area contributed by atoms with Gasteiger partial charge in [0.15, 0.2) is 0 Å². The summed E-state index contributed by atoms with van der Waals surface area (Å²) < 4.78 is 1.70. The van der Waals surface area contributed by atoms with E-state index in [4.69, 9.17) is 0 Å². The van der Waals surface area contributed by atoms with Gasteiger partial charge in [0.25, 0.3) is 0 Å². The fourth-order valence-electron chi connectivity index (χ4n) is 2.78. The number of fused-ring (bicyclic) bond motifs is 1. The van der Waals surface area contributed by atoms with Crippen LogP contribution in [0.4, 0.5) is 0 Å². The van der Waals surface area contributed by atoms with Crippen molar-refractivity contribution in [1.82, 2.24) is 20.0 Å². The minimum Gasteiger partial charge on any atom is -0.348 e. The van der Waals surface area contributed by atoms with Crippen LogP contribution in [0.3, 0.4) is 0 Å². The fraction of sp³-hybridized carbons (Fsp3) is 0.706. The number of aryl methyl sites for hydroxylation is 1. The lowest BCUT2D eigenvalue weighted by Gasteiger charge is -2.22. The molecule has 0 fully saturated rings. The minimum atomic E-state index is -0.0193. The second kappa shape index (κ2) is 7.62. The molecule has 23 heavy (non-hydrogen) atoms. The normalized spacial score (nSPS) is 17.0. The zero-order chi connectivity index (χ0) is 17.0. The number of nitrogens with one attached hydrogen (secondary N) is 1. The average molecular weight is 320 g/mol. The van der Waals surface area contributed by atoms with Crippen LogP contribution in [0, 0.1) is 5.92 Å². The summed E-state index contributed by atoms with van der Waals surface area (Å²) in [4.78, 5) is 25.5. The van der Waals surface area contributed by atoms with Crippen LogP contribution in [-0.4, -0.2) is 40.6 Å². The molecule has 1 atom stereocenters. The quantitative estimate of drug-likeness (QED) is 0.870. The summed E-state index contributed by atoms with van der Waals surface area (Å²) >= 11 is 0. The summed E-state index contributed by atoms with van der Waals surface area (Å²) in [5.41, 5.74) is 2.08. The van der Waals surface area contributed by atoms with Crippen molar-refractivity contribution in [3.63, 3.8) is 0 Å². The van der Waals surface area contributed by atoms with Gasteiger partial charge in [0.2, 0.25) is 11.8 Å². The first kappa shape index (κ1) is 17.5. The van der Waals surface area contributed by atoms with Gasteiger partial charge in [0, 0.05) is 26.7 Å². The molecule has 1 aliphatic carbocycles. The van der Waals surface area contributed by atoms with E-state index in [9.17, 15) is 9.59 Å². The third-order valence-corrected chi connectivity index (χ3v) is 4.22. The molecule has 1 N–H and O–H groups in total. The van der Waals surface area contributed by atoms with E-state index in [0.29, 0.717) is 12.3 Å². The van der Waals surface area contributed by atoms with E-state index in [1.807, 2.05) is 6.20 Å². The van der Waals surface area contributed by atoms with Crippen LogP contribution in [0.2, 0.25) is 0 Å². The van der Waals surface area contributed by atoms with Gasteiger partial charge in [-0.15, -0.1) is 0 Å². The van der Waals surface area contributed by atoms with Crippen LogP contribution in [0.25, 0.3) is 0 Å².